The number of carbonyl (C=O) groups is 2. The highest BCUT2D eigenvalue weighted by molar-refractivity contribution is 5.96. The number of benzene rings is 1. The van der Waals surface area contributed by atoms with Gasteiger partial charge in [0.2, 0.25) is 5.95 Å². The van der Waals surface area contributed by atoms with Gasteiger partial charge in [-0.15, -0.1) is 0 Å². The Kier molecular flexibility index (Phi) is 5.78. The van der Waals surface area contributed by atoms with E-state index in [9.17, 15) is 9.59 Å². The van der Waals surface area contributed by atoms with Crippen LogP contribution in [0.2, 0.25) is 0 Å². The molecular formula is C19H22N4O3. The number of ether oxygens (including phenoxy) is 1. The first-order valence-electron chi connectivity index (χ1n) is 8.84. The van der Waals surface area contributed by atoms with E-state index in [-0.39, 0.29) is 17.9 Å². The van der Waals surface area contributed by atoms with Crippen LogP contribution in [0.5, 0.6) is 0 Å². The molecule has 0 saturated heterocycles. The second-order valence-electron chi connectivity index (χ2n) is 6.11. The number of hydrogen-bond donors (Lipinski definition) is 2. The number of aromatic nitrogens is 2. The van der Waals surface area contributed by atoms with E-state index in [2.05, 4.69) is 20.6 Å². The van der Waals surface area contributed by atoms with Crippen molar-refractivity contribution >= 4 is 23.5 Å². The zero-order valence-corrected chi connectivity index (χ0v) is 14.7. The molecule has 1 aliphatic rings. The molecule has 136 valence electrons. The molecular weight excluding hydrogens is 332 g/mol. The Morgan fingerprint density at radius 3 is 2.73 bits per heavy atom. The van der Waals surface area contributed by atoms with Crippen molar-refractivity contribution in [2.75, 3.05) is 11.9 Å². The summed E-state index contributed by atoms with van der Waals surface area (Å²) in [6.45, 7) is 2.05. The number of amides is 1. The maximum Gasteiger partial charge on any atom is 0.340 e. The van der Waals surface area contributed by atoms with Gasteiger partial charge >= 0.3 is 5.97 Å². The standard InChI is InChI=1S/C19H22N4O3/c1-2-26-18(25)14-9-5-6-10-15(14)22-19-20-12-11-16(23-19)17(24)21-13-7-3-4-8-13/h5-6,9-13H,2-4,7-8H2,1H3,(H,21,24)(H,20,22,23). The highest BCUT2D eigenvalue weighted by Crippen LogP contribution is 2.20. The van der Waals surface area contributed by atoms with Gasteiger partial charge in [-0.3, -0.25) is 4.79 Å². The van der Waals surface area contributed by atoms with Crippen molar-refractivity contribution < 1.29 is 14.3 Å². The van der Waals surface area contributed by atoms with Crippen molar-refractivity contribution in [2.45, 2.75) is 38.6 Å². The van der Waals surface area contributed by atoms with Crippen molar-refractivity contribution in [1.82, 2.24) is 15.3 Å². The Balaban J connectivity index is 1.75. The fourth-order valence-electron chi connectivity index (χ4n) is 2.97. The van der Waals surface area contributed by atoms with E-state index in [1.165, 1.54) is 6.20 Å². The molecule has 7 nitrogen and oxygen atoms in total. The lowest BCUT2D eigenvalue weighted by Gasteiger charge is -2.13. The number of rotatable bonds is 6. The number of carbonyl (C=O) groups excluding carboxylic acids is 2. The van der Waals surface area contributed by atoms with E-state index in [0.29, 0.717) is 23.6 Å². The Hall–Kier alpha value is -2.96. The third-order valence-electron chi connectivity index (χ3n) is 4.25. The molecule has 1 fully saturated rings. The van der Waals surface area contributed by atoms with Gasteiger partial charge in [-0.1, -0.05) is 25.0 Å². The molecule has 1 heterocycles. The lowest BCUT2D eigenvalue weighted by atomic mass is 10.2. The molecule has 2 aromatic rings. The van der Waals surface area contributed by atoms with Gasteiger partial charge < -0.3 is 15.4 Å². The molecule has 7 heteroatoms. The van der Waals surface area contributed by atoms with Crippen LogP contribution in [0.1, 0.15) is 53.5 Å². The van der Waals surface area contributed by atoms with Crippen LogP contribution in [0.15, 0.2) is 36.5 Å². The fraction of sp³-hybridized carbons (Fsp3) is 0.368. The molecule has 0 spiro atoms. The highest BCUT2D eigenvalue weighted by atomic mass is 16.5. The third kappa shape index (κ3) is 4.36. The molecule has 0 aliphatic heterocycles. The molecule has 3 rings (SSSR count). The van der Waals surface area contributed by atoms with Crippen molar-refractivity contribution in [2.24, 2.45) is 0 Å². The molecule has 26 heavy (non-hydrogen) atoms. The first kappa shape index (κ1) is 17.8. The minimum Gasteiger partial charge on any atom is -0.462 e. The Morgan fingerprint density at radius 2 is 1.96 bits per heavy atom. The summed E-state index contributed by atoms with van der Waals surface area (Å²) >= 11 is 0. The molecule has 1 amide bonds. The summed E-state index contributed by atoms with van der Waals surface area (Å²) in [6.07, 6.45) is 5.83. The zero-order chi connectivity index (χ0) is 18.4. The van der Waals surface area contributed by atoms with Gasteiger partial charge in [-0.2, -0.15) is 0 Å². The molecule has 0 bridgehead atoms. The molecule has 1 aliphatic carbocycles. The number of esters is 1. The summed E-state index contributed by atoms with van der Waals surface area (Å²) in [6, 6.07) is 8.74. The second-order valence-corrected chi connectivity index (χ2v) is 6.11. The van der Waals surface area contributed by atoms with Crippen LogP contribution < -0.4 is 10.6 Å². The minimum atomic E-state index is -0.425. The third-order valence-corrected chi connectivity index (χ3v) is 4.25. The Labute approximate surface area is 152 Å². The van der Waals surface area contributed by atoms with E-state index < -0.39 is 5.97 Å². The van der Waals surface area contributed by atoms with E-state index in [1.807, 2.05) is 0 Å². The van der Waals surface area contributed by atoms with E-state index in [0.717, 1.165) is 25.7 Å². The van der Waals surface area contributed by atoms with Gasteiger partial charge in [0.15, 0.2) is 0 Å². The fourth-order valence-corrected chi connectivity index (χ4v) is 2.97. The molecule has 1 saturated carbocycles. The number of hydrogen-bond acceptors (Lipinski definition) is 6. The number of anilines is 2. The summed E-state index contributed by atoms with van der Waals surface area (Å²) in [5.41, 5.74) is 1.21. The van der Waals surface area contributed by atoms with Gasteiger partial charge in [0.05, 0.1) is 17.9 Å². The SMILES string of the molecule is CCOC(=O)c1ccccc1Nc1nccc(C(=O)NC2CCCC2)n1. The van der Waals surface area contributed by atoms with Crippen LogP contribution in [0.3, 0.4) is 0 Å². The largest absolute Gasteiger partial charge is 0.462 e. The van der Waals surface area contributed by atoms with Crippen LogP contribution in [0.4, 0.5) is 11.6 Å². The predicted octanol–water partition coefficient (Wildman–Crippen LogP) is 3.07. The van der Waals surface area contributed by atoms with Crippen LogP contribution in [0.25, 0.3) is 0 Å². The van der Waals surface area contributed by atoms with E-state index in [4.69, 9.17) is 4.74 Å². The normalized spacial score (nSPS) is 14.0. The topological polar surface area (TPSA) is 93.2 Å². The Bertz CT molecular complexity index is 788. The van der Waals surface area contributed by atoms with Crippen molar-refractivity contribution in [3.8, 4) is 0 Å². The molecule has 1 aromatic heterocycles. The van der Waals surface area contributed by atoms with Crippen molar-refractivity contribution in [3.05, 3.63) is 47.8 Å². The molecule has 0 radical (unpaired) electrons. The van der Waals surface area contributed by atoms with Crippen LogP contribution in [-0.4, -0.2) is 34.5 Å². The van der Waals surface area contributed by atoms with Gasteiger partial charge in [-0.25, -0.2) is 14.8 Å². The van der Waals surface area contributed by atoms with Crippen molar-refractivity contribution in [3.63, 3.8) is 0 Å². The predicted molar refractivity (Wildman–Crippen MR) is 97.4 cm³/mol. The summed E-state index contributed by atoms with van der Waals surface area (Å²) in [7, 11) is 0. The average Bonchev–Trinajstić information content (AvgIpc) is 3.15. The number of nitrogens with one attached hydrogen (secondary N) is 2. The van der Waals surface area contributed by atoms with E-state index in [1.54, 1.807) is 37.3 Å². The summed E-state index contributed by atoms with van der Waals surface area (Å²) < 4.78 is 5.06. The molecule has 2 N–H and O–H groups in total. The number of nitrogens with zero attached hydrogens (tertiary/aromatic N) is 2. The quantitative estimate of drug-likeness (QED) is 0.775. The van der Waals surface area contributed by atoms with Gasteiger partial charge in [-0.05, 0) is 38.0 Å². The second kappa shape index (κ2) is 8.42. The molecule has 0 atom stereocenters. The first-order valence-corrected chi connectivity index (χ1v) is 8.84. The first-order chi connectivity index (χ1) is 12.7. The van der Waals surface area contributed by atoms with Crippen LogP contribution in [0, 0.1) is 0 Å². The summed E-state index contributed by atoms with van der Waals surface area (Å²) in [4.78, 5) is 32.8. The minimum absolute atomic E-state index is 0.207. The van der Waals surface area contributed by atoms with Crippen LogP contribution in [-0.2, 0) is 4.74 Å². The van der Waals surface area contributed by atoms with E-state index >= 15 is 0 Å². The number of para-hydroxylation sites is 1. The zero-order valence-electron chi connectivity index (χ0n) is 14.7. The van der Waals surface area contributed by atoms with Crippen LogP contribution >= 0.6 is 0 Å². The average molecular weight is 354 g/mol. The van der Waals surface area contributed by atoms with Gasteiger partial charge in [0, 0.05) is 12.2 Å². The molecule has 1 aromatic carbocycles. The van der Waals surface area contributed by atoms with Gasteiger partial charge in [0.1, 0.15) is 5.69 Å². The van der Waals surface area contributed by atoms with Gasteiger partial charge in [0.25, 0.3) is 5.91 Å². The lowest BCUT2D eigenvalue weighted by molar-refractivity contribution is 0.0527. The maximum atomic E-state index is 12.4. The lowest BCUT2D eigenvalue weighted by Crippen LogP contribution is -2.33. The smallest absolute Gasteiger partial charge is 0.340 e. The Morgan fingerprint density at radius 1 is 1.19 bits per heavy atom. The maximum absolute atomic E-state index is 12.4. The summed E-state index contributed by atoms with van der Waals surface area (Å²) in [5, 5.41) is 6.00. The highest BCUT2D eigenvalue weighted by Gasteiger charge is 2.19. The monoisotopic (exact) mass is 354 g/mol. The summed E-state index contributed by atoms with van der Waals surface area (Å²) in [5.74, 6) is -0.382. The van der Waals surface area contributed by atoms with Crippen molar-refractivity contribution in [1.29, 1.82) is 0 Å². The molecule has 0 unspecified atom stereocenters.